The van der Waals surface area contributed by atoms with Crippen molar-refractivity contribution >= 4 is 27.3 Å². The van der Waals surface area contributed by atoms with Crippen molar-refractivity contribution in [3.05, 3.63) is 54.2 Å². The van der Waals surface area contributed by atoms with Crippen LogP contribution in [0.2, 0.25) is 0 Å². The first-order valence-corrected chi connectivity index (χ1v) is 12.0. The summed E-state index contributed by atoms with van der Waals surface area (Å²) in [6.07, 6.45) is 3.17. The van der Waals surface area contributed by atoms with E-state index in [-0.39, 0.29) is 29.9 Å². The van der Waals surface area contributed by atoms with Crippen molar-refractivity contribution in [1.82, 2.24) is 10.1 Å². The van der Waals surface area contributed by atoms with Gasteiger partial charge in [0.05, 0.1) is 29.9 Å². The lowest BCUT2D eigenvalue weighted by atomic mass is 9.85. The van der Waals surface area contributed by atoms with Crippen LogP contribution in [-0.2, 0) is 21.4 Å². The SMILES string of the molecule is COc1cccc(NS(=O)(=O)c2ccc3c(c2)N(Cc2noc(C4CCC4)n2)C(=O)CO3)c1. The second-order valence-corrected chi connectivity index (χ2v) is 9.59. The Labute approximate surface area is 190 Å². The maximum atomic E-state index is 13.0. The van der Waals surface area contributed by atoms with Crippen molar-refractivity contribution in [3.8, 4) is 11.5 Å². The quantitative estimate of drug-likeness (QED) is 0.559. The number of aromatic nitrogens is 2. The van der Waals surface area contributed by atoms with Gasteiger partial charge in [0, 0.05) is 12.0 Å². The van der Waals surface area contributed by atoms with Gasteiger partial charge in [0.15, 0.2) is 12.4 Å². The van der Waals surface area contributed by atoms with Crippen molar-refractivity contribution in [2.45, 2.75) is 36.6 Å². The Morgan fingerprint density at radius 3 is 2.82 bits per heavy atom. The Hall–Kier alpha value is -3.60. The number of carbonyl (C=O) groups is 1. The summed E-state index contributed by atoms with van der Waals surface area (Å²) in [6.45, 7) is -0.104. The van der Waals surface area contributed by atoms with Gasteiger partial charge in [-0.25, -0.2) is 8.42 Å². The summed E-state index contributed by atoms with van der Waals surface area (Å²) in [5.41, 5.74) is 0.682. The minimum Gasteiger partial charge on any atom is -0.497 e. The molecule has 2 heterocycles. The molecule has 1 amide bonds. The second-order valence-electron chi connectivity index (χ2n) is 7.91. The largest absolute Gasteiger partial charge is 0.497 e. The number of anilines is 2. The van der Waals surface area contributed by atoms with Crippen LogP contribution >= 0.6 is 0 Å². The molecule has 1 fully saturated rings. The summed E-state index contributed by atoms with van der Waals surface area (Å²) in [7, 11) is -2.44. The molecule has 33 heavy (non-hydrogen) atoms. The molecule has 1 N–H and O–H groups in total. The van der Waals surface area contributed by atoms with Crippen LogP contribution in [0.3, 0.4) is 0 Å². The molecule has 5 rings (SSSR count). The molecule has 10 nitrogen and oxygen atoms in total. The van der Waals surface area contributed by atoms with Gasteiger partial charge < -0.3 is 14.0 Å². The molecular formula is C22H22N4O6S. The Kier molecular flexibility index (Phi) is 5.41. The number of amides is 1. The summed E-state index contributed by atoms with van der Waals surface area (Å²) in [5, 5.41) is 4.00. The van der Waals surface area contributed by atoms with Crippen LogP contribution in [0.25, 0.3) is 0 Å². The first-order chi connectivity index (χ1) is 15.9. The topological polar surface area (TPSA) is 124 Å². The molecule has 0 radical (unpaired) electrons. The van der Waals surface area contributed by atoms with Gasteiger partial charge in [0.1, 0.15) is 11.5 Å². The lowest BCUT2D eigenvalue weighted by Gasteiger charge is -2.28. The second kappa shape index (κ2) is 8.39. The van der Waals surface area contributed by atoms with E-state index in [1.807, 2.05) is 0 Å². The van der Waals surface area contributed by atoms with E-state index >= 15 is 0 Å². The summed E-state index contributed by atoms with van der Waals surface area (Å²) in [6, 6.07) is 11.0. The molecule has 1 aliphatic carbocycles. The van der Waals surface area contributed by atoms with Crippen molar-refractivity contribution in [1.29, 1.82) is 0 Å². The van der Waals surface area contributed by atoms with Crippen LogP contribution in [0, 0.1) is 0 Å². The number of rotatable bonds is 7. The van der Waals surface area contributed by atoms with Crippen molar-refractivity contribution < 1.29 is 27.2 Å². The monoisotopic (exact) mass is 470 g/mol. The molecule has 1 aliphatic heterocycles. The number of methoxy groups -OCH3 is 1. The van der Waals surface area contributed by atoms with E-state index < -0.39 is 10.0 Å². The molecular weight excluding hydrogens is 448 g/mol. The number of hydrogen-bond donors (Lipinski definition) is 1. The lowest BCUT2D eigenvalue weighted by molar-refractivity contribution is -0.121. The molecule has 0 spiro atoms. The van der Waals surface area contributed by atoms with Crippen LogP contribution in [0.1, 0.15) is 36.9 Å². The van der Waals surface area contributed by atoms with Gasteiger partial charge in [-0.2, -0.15) is 4.98 Å². The predicted molar refractivity (Wildman–Crippen MR) is 118 cm³/mol. The molecule has 2 aromatic carbocycles. The molecule has 0 unspecified atom stereocenters. The van der Waals surface area contributed by atoms with E-state index in [1.54, 1.807) is 24.3 Å². The smallest absolute Gasteiger partial charge is 0.265 e. The minimum atomic E-state index is -3.94. The van der Waals surface area contributed by atoms with Crippen LogP contribution in [-0.4, -0.2) is 38.2 Å². The highest BCUT2D eigenvalue weighted by atomic mass is 32.2. The van der Waals surface area contributed by atoms with Crippen molar-refractivity contribution in [3.63, 3.8) is 0 Å². The first kappa shape index (κ1) is 21.3. The molecule has 0 atom stereocenters. The molecule has 1 aromatic heterocycles. The van der Waals surface area contributed by atoms with Crippen molar-refractivity contribution in [2.75, 3.05) is 23.3 Å². The predicted octanol–water partition coefficient (Wildman–Crippen LogP) is 3.07. The number of carbonyl (C=O) groups excluding carboxylic acids is 1. The summed E-state index contributed by atoms with van der Waals surface area (Å²) in [4.78, 5) is 18.4. The molecule has 0 bridgehead atoms. The third-order valence-corrected chi connectivity index (χ3v) is 7.12. The van der Waals surface area contributed by atoms with Crippen LogP contribution in [0.5, 0.6) is 11.5 Å². The van der Waals surface area contributed by atoms with E-state index in [2.05, 4.69) is 14.9 Å². The normalized spacial score (nSPS) is 16.0. The Morgan fingerprint density at radius 2 is 2.06 bits per heavy atom. The van der Waals surface area contributed by atoms with E-state index in [1.165, 1.54) is 30.2 Å². The highest BCUT2D eigenvalue weighted by molar-refractivity contribution is 7.92. The van der Waals surface area contributed by atoms with Gasteiger partial charge in [-0.05, 0) is 43.2 Å². The third-order valence-electron chi connectivity index (χ3n) is 5.74. The molecule has 11 heteroatoms. The summed E-state index contributed by atoms with van der Waals surface area (Å²) in [5.74, 6) is 1.81. The number of benzene rings is 2. The van der Waals surface area contributed by atoms with E-state index in [4.69, 9.17) is 14.0 Å². The number of fused-ring (bicyclic) bond motifs is 1. The fourth-order valence-corrected chi connectivity index (χ4v) is 4.79. The Bertz CT molecular complexity index is 1300. The number of hydrogen-bond acceptors (Lipinski definition) is 8. The van der Waals surface area contributed by atoms with Crippen LogP contribution in [0.15, 0.2) is 51.9 Å². The zero-order valence-electron chi connectivity index (χ0n) is 17.9. The van der Waals surface area contributed by atoms with E-state index in [0.29, 0.717) is 34.6 Å². The average molecular weight is 471 g/mol. The van der Waals surface area contributed by atoms with Crippen LogP contribution in [0.4, 0.5) is 11.4 Å². The van der Waals surface area contributed by atoms with Gasteiger partial charge in [0.25, 0.3) is 15.9 Å². The highest BCUT2D eigenvalue weighted by Crippen LogP contribution is 2.37. The lowest BCUT2D eigenvalue weighted by Crippen LogP contribution is -2.38. The summed E-state index contributed by atoms with van der Waals surface area (Å²) < 4.78 is 44.6. The Balaban J connectivity index is 1.42. The summed E-state index contributed by atoms with van der Waals surface area (Å²) >= 11 is 0. The standard InChI is InChI=1S/C22H22N4O6S/c1-30-16-7-3-6-15(10-16)25-33(28,29)17-8-9-19-18(11-17)26(21(27)13-31-19)12-20-23-22(32-24-20)14-4-2-5-14/h3,6-11,14,25H,2,4-5,12-13H2,1H3. The van der Waals surface area contributed by atoms with Crippen LogP contribution < -0.4 is 19.1 Å². The maximum absolute atomic E-state index is 13.0. The Morgan fingerprint density at radius 1 is 1.21 bits per heavy atom. The number of ether oxygens (including phenoxy) is 2. The zero-order valence-corrected chi connectivity index (χ0v) is 18.7. The van der Waals surface area contributed by atoms with Gasteiger partial charge in [-0.3, -0.25) is 14.4 Å². The third kappa shape index (κ3) is 4.23. The van der Waals surface area contributed by atoms with Gasteiger partial charge >= 0.3 is 0 Å². The van der Waals surface area contributed by atoms with E-state index in [9.17, 15) is 13.2 Å². The number of nitrogens with zero attached hydrogens (tertiary/aromatic N) is 3. The van der Waals surface area contributed by atoms with Gasteiger partial charge in [-0.1, -0.05) is 17.6 Å². The average Bonchev–Trinajstić information content (AvgIpc) is 3.21. The number of sulfonamides is 1. The number of nitrogens with one attached hydrogen (secondary N) is 1. The minimum absolute atomic E-state index is 0.0179. The molecule has 2 aliphatic rings. The molecule has 3 aromatic rings. The highest BCUT2D eigenvalue weighted by Gasteiger charge is 2.30. The van der Waals surface area contributed by atoms with E-state index in [0.717, 1.165) is 19.3 Å². The molecule has 1 saturated carbocycles. The maximum Gasteiger partial charge on any atom is 0.265 e. The zero-order chi connectivity index (χ0) is 23.0. The fraction of sp³-hybridized carbons (Fsp3) is 0.318. The first-order valence-electron chi connectivity index (χ1n) is 10.5. The van der Waals surface area contributed by atoms with Crippen molar-refractivity contribution in [2.24, 2.45) is 0 Å². The molecule has 0 saturated heterocycles. The van der Waals surface area contributed by atoms with Gasteiger partial charge in [-0.15, -0.1) is 0 Å². The molecule has 172 valence electrons. The fourth-order valence-electron chi connectivity index (χ4n) is 3.72. The van der Waals surface area contributed by atoms with Gasteiger partial charge in [0.2, 0.25) is 5.89 Å².